The molecule has 5 atom stereocenters. The summed E-state index contributed by atoms with van der Waals surface area (Å²) in [6, 6.07) is 5.28. The Kier molecular flexibility index (Phi) is 6.92. The molecular weight excluding hydrogens is 420 g/mol. The van der Waals surface area contributed by atoms with Crippen LogP contribution in [0.3, 0.4) is 0 Å². The number of para-hydroxylation sites is 1. The second-order valence-corrected chi connectivity index (χ2v) is 9.71. The Morgan fingerprint density at radius 1 is 1.24 bits per heavy atom. The van der Waals surface area contributed by atoms with Crippen LogP contribution in [0.5, 0.6) is 0 Å². The predicted molar refractivity (Wildman–Crippen MR) is 124 cm³/mol. The van der Waals surface area contributed by atoms with Gasteiger partial charge in [0.2, 0.25) is 23.8 Å². The molecule has 1 fully saturated rings. The van der Waals surface area contributed by atoms with Crippen molar-refractivity contribution in [2.45, 2.75) is 70.5 Å². The largest absolute Gasteiger partial charge is 0.345 e. The highest BCUT2D eigenvalue weighted by atomic mass is 16.2. The summed E-state index contributed by atoms with van der Waals surface area (Å²) in [6.45, 7) is 14.6. The summed E-state index contributed by atoms with van der Waals surface area (Å²) in [5, 5.41) is 5.49. The SMILES string of the molecule is [C-]#[N+][C@@H]1C[C@@]2(CC1C(=O)[C@H](CC(C)C)N(C)C(=O)[C@H](C)NC(C)=O)C(=O)Nc1ccccc12. The molecule has 1 aliphatic heterocycles. The Morgan fingerprint density at radius 3 is 2.52 bits per heavy atom. The maximum atomic E-state index is 13.8. The number of ketones is 1. The summed E-state index contributed by atoms with van der Waals surface area (Å²) in [7, 11) is 1.57. The number of carbonyl (C=O) groups is 4. The van der Waals surface area contributed by atoms with Gasteiger partial charge in [-0.1, -0.05) is 32.0 Å². The molecule has 1 aromatic rings. The van der Waals surface area contributed by atoms with E-state index < -0.39 is 29.5 Å². The van der Waals surface area contributed by atoms with Crippen LogP contribution >= 0.6 is 0 Å². The van der Waals surface area contributed by atoms with Crippen molar-refractivity contribution in [3.05, 3.63) is 41.2 Å². The molecule has 2 N–H and O–H groups in total. The summed E-state index contributed by atoms with van der Waals surface area (Å²) >= 11 is 0. The lowest BCUT2D eigenvalue weighted by Crippen LogP contribution is -2.52. The highest BCUT2D eigenvalue weighted by molar-refractivity contribution is 6.07. The van der Waals surface area contributed by atoms with Crippen molar-refractivity contribution in [2.75, 3.05) is 12.4 Å². The number of fused-ring (bicyclic) bond motifs is 2. The van der Waals surface area contributed by atoms with E-state index in [1.54, 1.807) is 14.0 Å². The predicted octanol–water partition coefficient (Wildman–Crippen LogP) is 2.54. The summed E-state index contributed by atoms with van der Waals surface area (Å²) in [5.74, 6) is -1.58. The summed E-state index contributed by atoms with van der Waals surface area (Å²) in [6.07, 6.45) is 0.967. The lowest BCUT2D eigenvalue weighted by atomic mass is 9.78. The van der Waals surface area contributed by atoms with Crippen molar-refractivity contribution >= 4 is 29.2 Å². The number of likely N-dealkylation sites (N-methyl/N-ethyl adjacent to an activating group) is 1. The van der Waals surface area contributed by atoms with Crippen molar-refractivity contribution < 1.29 is 19.2 Å². The molecule has 33 heavy (non-hydrogen) atoms. The first kappa shape index (κ1) is 24.4. The van der Waals surface area contributed by atoms with E-state index in [0.29, 0.717) is 6.42 Å². The molecule has 1 heterocycles. The number of nitrogens with one attached hydrogen (secondary N) is 2. The second kappa shape index (κ2) is 9.34. The molecule has 1 spiro atoms. The normalized spacial score (nSPS) is 25.2. The number of rotatable bonds is 7. The van der Waals surface area contributed by atoms with E-state index >= 15 is 0 Å². The van der Waals surface area contributed by atoms with Crippen LogP contribution in [0.25, 0.3) is 4.85 Å². The molecule has 176 valence electrons. The van der Waals surface area contributed by atoms with Gasteiger partial charge in [0, 0.05) is 26.1 Å². The van der Waals surface area contributed by atoms with Gasteiger partial charge in [-0.15, -0.1) is 0 Å². The van der Waals surface area contributed by atoms with Gasteiger partial charge in [0.05, 0.1) is 17.4 Å². The topological polar surface area (TPSA) is 99.9 Å². The molecule has 1 aromatic carbocycles. The number of hydrogen-bond acceptors (Lipinski definition) is 4. The van der Waals surface area contributed by atoms with Crippen LogP contribution in [-0.2, 0) is 24.6 Å². The third kappa shape index (κ3) is 4.50. The zero-order chi connectivity index (χ0) is 24.5. The van der Waals surface area contributed by atoms with Crippen molar-refractivity contribution in [3.63, 3.8) is 0 Å². The maximum absolute atomic E-state index is 13.8. The van der Waals surface area contributed by atoms with Crippen LogP contribution in [0, 0.1) is 18.4 Å². The molecule has 0 radical (unpaired) electrons. The molecule has 1 aliphatic carbocycles. The molecule has 1 saturated carbocycles. The van der Waals surface area contributed by atoms with Gasteiger partial charge in [0.25, 0.3) is 0 Å². The van der Waals surface area contributed by atoms with Crippen LogP contribution < -0.4 is 10.6 Å². The zero-order valence-corrected chi connectivity index (χ0v) is 19.8. The highest BCUT2D eigenvalue weighted by Gasteiger charge is 2.60. The molecule has 0 aromatic heterocycles. The van der Waals surface area contributed by atoms with E-state index in [4.69, 9.17) is 6.57 Å². The number of Topliss-reactive ketones (excluding diaryl/α,β-unsaturated/α-hetero) is 1. The van der Waals surface area contributed by atoms with E-state index in [0.717, 1.165) is 11.3 Å². The minimum absolute atomic E-state index is 0.127. The van der Waals surface area contributed by atoms with Crippen LogP contribution in [0.4, 0.5) is 5.69 Å². The van der Waals surface area contributed by atoms with E-state index in [9.17, 15) is 19.2 Å². The minimum atomic E-state index is -0.902. The molecule has 8 heteroatoms. The van der Waals surface area contributed by atoms with Gasteiger partial charge in [-0.2, -0.15) is 0 Å². The molecule has 2 aliphatic rings. The number of carbonyl (C=O) groups excluding carboxylic acids is 4. The quantitative estimate of drug-likeness (QED) is 0.621. The number of anilines is 1. The lowest BCUT2D eigenvalue weighted by molar-refractivity contribution is -0.142. The zero-order valence-electron chi connectivity index (χ0n) is 19.8. The fourth-order valence-corrected chi connectivity index (χ4v) is 5.28. The average molecular weight is 453 g/mol. The van der Waals surface area contributed by atoms with Gasteiger partial charge >= 0.3 is 0 Å². The maximum Gasteiger partial charge on any atom is 0.245 e. The van der Waals surface area contributed by atoms with Crippen LogP contribution in [0.2, 0.25) is 0 Å². The van der Waals surface area contributed by atoms with Gasteiger partial charge in [-0.25, -0.2) is 6.57 Å². The summed E-state index contributed by atoms with van der Waals surface area (Å²) in [5.41, 5.74) is 0.665. The number of nitrogens with zero attached hydrogens (tertiary/aromatic N) is 2. The Hall–Kier alpha value is -3.21. The Bertz CT molecular complexity index is 1010. The third-order valence-electron chi connectivity index (χ3n) is 6.88. The monoisotopic (exact) mass is 452 g/mol. The standard InChI is InChI=1S/C25H32N4O4/c1-14(2)11-21(29(6)23(32)15(3)27-16(4)30)22(31)17-12-25(13-20(17)26-5)18-9-7-8-10-19(18)28-24(25)33/h7-10,14-15,17,20-21H,11-13H2,1-4,6H3,(H,27,30)(H,28,33)/t15-,17?,20+,21-,25+/m0/s1. The fraction of sp³-hybridized carbons (Fsp3) is 0.560. The van der Waals surface area contributed by atoms with Gasteiger partial charge in [0.15, 0.2) is 5.78 Å². The first-order valence-corrected chi connectivity index (χ1v) is 11.4. The molecular formula is C25H32N4O4. The fourth-order valence-electron chi connectivity index (χ4n) is 5.28. The molecule has 3 rings (SSSR count). The van der Waals surface area contributed by atoms with Crippen molar-refractivity contribution in [2.24, 2.45) is 11.8 Å². The van der Waals surface area contributed by atoms with Crippen molar-refractivity contribution in [1.82, 2.24) is 10.2 Å². The van der Waals surface area contributed by atoms with Crippen LogP contribution in [0.15, 0.2) is 24.3 Å². The second-order valence-electron chi connectivity index (χ2n) is 9.71. The number of hydrogen-bond donors (Lipinski definition) is 2. The first-order valence-electron chi connectivity index (χ1n) is 11.4. The van der Waals surface area contributed by atoms with Crippen LogP contribution in [-0.4, -0.2) is 53.6 Å². The Balaban J connectivity index is 1.91. The minimum Gasteiger partial charge on any atom is -0.345 e. The lowest BCUT2D eigenvalue weighted by Gasteiger charge is -2.32. The third-order valence-corrected chi connectivity index (χ3v) is 6.88. The van der Waals surface area contributed by atoms with Crippen molar-refractivity contribution in [1.29, 1.82) is 0 Å². The van der Waals surface area contributed by atoms with E-state index in [2.05, 4.69) is 15.5 Å². The molecule has 0 bridgehead atoms. The molecule has 0 saturated heterocycles. The van der Waals surface area contributed by atoms with Gasteiger partial charge in [-0.05, 0) is 37.3 Å². The summed E-state index contributed by atoms with van der Waals surface area (Å²) in [4.78, 5) is 56.4. The van der Waals surface area contributed by atoms with E-state index in [1.165, 1.54) is 11.8 Å². The Morgan fingerprint density at radius 2 is 1.91 bits per heavy atom. The first-order chi connectivity index (χ1) is 15.5. The Labute approximate surface area is 194 Å². The van der Waals surface area contributed by atoms with Gasteiger partial charge in [-0.3, -0.25) is 19.2 Å². The number of benzene rings is 1. The summed E-state index contributed by atoms with van der Waals surface area (Å²) < 4.78 is 0. The smallest absolute Gasteiger partial charge is 0.245 e. The average Bonchev–Trinajstić information content (AvgIpc) is 3.28. The number of amides is 3. The van der Waals surface area contributed by atoms with Gasteiger partial charge in [0.1, 0.15) is 6.04 Å². The van der Waals surface area contributed by atoms with E-state index in [-0.39, 0.29) is 42.3 Å². The molecule has 8 nitrogen and oxygen atoms in total. The van der Waals surface area contributed by atoms with Crippen molar-refractivity contribution in [3.8, 4) is 0 Å². The van der Waals surface area contributed by atoms with Gasteiger partial charge < -0.3 is 20.4 Å². The van der Waals surface area contributed by atoms with Crippen LogP contribution in [0.1, 0.15) is 52.5 Å². The van der Waals surface area contributed by atoms with E-state index in [1.807, 2.05) is 38.1 Å². The highest BCUT2D eigenvalue weighted by Crippen LogP contribution is 2.52. The molecule has 1 unspecified atom stereocenters. The molecule has 3 amide bonds.